The first-order chi connectivity index (χ1) is 9.93. The number of ether oxygens (including phenoxy) is 1. The van der Waals surface area contributed by atoms with E-state index in [0.29, 0.717) is 5.13 Å². The fourth-order valence-electron chi connectivity index (χ4n) is 1.71. The van der Waals surface area contributed by atoms with Crippen molar-refractivity contribution in [3.05, 3.63) is 38.8 Å². The van der Waals surface area contributed by atoms with Crippen molar-refractivity contribution in [1.29, 1.82) is 0 Å². The standard InChI is InChI=1S/C14H13BrN2O3S/c1-7-5-4-6-9(10(7)15)16-14-17-11(13(19)20-3)12(21-14)8(2)18/h4-6H,1-3H3,(H,16,17). The van der Waals surface area contributed by atoms with Crippen molar-refractivity contribution in [2.75, 3.05) is 12.4 Å². The third-order valence-corrected chi connectivity index (χ3v) is 4.88. The third kappa shape index (κ3) is 3.30. The van der Waals surface area contributed by atoms with Crippen molar-refractivity contribution < 1.29 is 14.3 Å². The van der Waals surface area contributed by atoms with Gasteiger partial charge in [0.2, 0.25) is 0 Å². The smallest absolute Gasteiger partial charge is 0.358 e. The first-order valence-electron chi connectivity index (χ1n) is 6.06. The van der Waals surface area contributed by atoms with Crippen molar-refractivity contribution in [2.45, 2.75) is 13.8 Å². The summed E-state index contributed by atoms with van der Waals surface area (Å²) in [4.78, 5) is 27.7. The number of thiazole rings is 1. The highest BCUT2D eigenvalue weighted by molar-refractivity contribution is 9.10. The second-order valence-electron chi connectivity index (χ2n) is 4.31. The predicted molar refractivity (Wildman–Crippen MR) is 85.6 cm³/mol. The fraction of sp³-hybridized carbons (Fsp3) is 0.214. The molecule has 0 bridgehead atoms. The highest BCUT2D eigenvalue weighted by atomic mass is 79.9. The lowest BCUT2D eigenvalue weighted by atomic mass is 10.2. The molecule has 1 aromatic heterocycles. The number of benzene rings is 1. The largest absolute Gasteiger partial charge is 0.464 e. The summed E-state index contributed by atoms with van der Waals surface area (Å²) >= 11 is 4.62. The molecule has 110 valence electrons. The normalized spacial score (nSPS) is 10.3. The minimum Gasteiger partial charge on any atom is -0.464 e. The molecule has 0 unspecified atom stereocenters. The van der Waals surface area contributed by atoms with Gasteiger partial charge in [0.05, 0.1) is 12.8 Å². The van der Waals surface area contributed by atoms with E-state index in [9.17, 15) is 9.59 Å². The van der Waals surface area contributed by atoms with E-state index in [-0.39, 0.29) is 16.4 Å². The number of nitrogens with one attached hydrogen (secondary N) is 1. The molecule has 0 fully saturated rings. The summed E-state index contributed by atoms with van der Waals surface area (Å²) in [7, 11) is 1.26. The zero-order valence-electron chi connectivity index (χ0n) is 11.7. The van der Waals surface area contributed by atoms with Crippen LogP contribution in [0.25, 0.3) is 0 Å². The zero-order valence-corrected chi connectivity index (χ0v) is 14.1. The topological polar surface area (TPSA) is 68.3 Å². The minimum absolute atomic E-state index is 0.0428. The minimum atomic E-state index is -0.618. The second kappa shape index (κ2) is 6.36. The van der Waals surface area contributed by atoms with Crippen LogP contribution in [0.4, 0.5) is 10.8 Å². The molecule has 2 aromatic rings. The van der Waals surface area contributed by atoms with Gasteiger partial charge in [-0.25, -0.2) is 9.78 Å². The Bertz CT molecular complexity index is 712. The lowest BCUT2D eigenvalue weighted by Gasteiger charge is -2.07. The molecule has 2 rings (SSSR count). The zero-order chi connectivity index (χ0) is 15.6. The number of carbonyl (C=O) groups is 2. The SMILES string of the molecule is COC(=O)c1nc(Nc2cccc(C)c2Br)sc1C(C)=O. The van der Waals surface area contributed by atoms with Gasteiger partial charge in [0.15, 0.2) is 16.6 Å². The van der Waals surface area contributed by atoms with Gasteiger partial charge in [0, 0.05) is 11.4 Å². The lowest BCUT2D eigenvalue weighted by molar-refractivity contribution is 0.0591. The van der Waals surface area contributed by atoms with E-state index in [1.54, 1.807) is 0 Å². The molecule has 0 atom stereocenters. The summed E-state index contributed by atoms with van der Waals surface area (Å²) in [5, 5.41) is 3.57. The van der Waals surface area contributed by atoms with E-state index < -0.39 is 5.97 Å². The predicted octanol–water partition coefficient (Wildman–Crippen LogP) is 3.95. The average molecular weight is 369 g/mol. The first-order valence-corrected chi connectivity index (χ1v) is 7.67. The Kier molecular flexibility index (Phi) is 4.74. The monoisotopic (exact) mass is 368 g/mol. The highest BCUT2D eigenvalue weighted by Gasteiger charge is 2.22. The van der Waals surface area contributed by atoms with Crippen molar-refractivity contribution in [1.82, 2.24) is 4.98 Å². The van der Waals surface area contributed by atoms with Gasteiger partial charge in [0.1, 0.15) is 4.88 Å². The first kappa shape index (κ1) is 15.7. The molecule has 1 N–H and O–H groups in total. The Labute approximate surface area is 134 Å². The molecule has 0 amide bonds. The van der Waals surface area contributed by atoms with Crippen molar-refractivity contribution >= 4 is 49.8 Å². The summed E-state index contributed by atoms with van der Waals surface area (Å²) in [6.45, 7) is 3.37. The van der Waals surface area contributed by atoms with Crippen LogP contribution in [0, 0.1) is 6.92 Å². The van der Waals surface area contributed by atoms with Gasteiger partial charge in [-0.05, 0) is 34.5 Å². The van der Waals surface area contributed by atoms with E-state index in [4.69, 9.17) is 0 Å². The fourth-order valence-corrected chi connectivity index (χ4v) is 2.93. The number of hydrogen-bond acceptors (Lipinski definition) is 6. The molecule has 0 spiro atoms. The van der Waals surface area contributed by atoms with Gasteiger partial charge < -0.3 is 10.1 Å². The molecule has 7 heteroatoms. The number of aromatic nitrogens is 1. The Morgan fingerprint density at radius 2 is 2.10 bits per heavy atom. The Hall–Kier alpha value is -1.73. The van der Waals surface area contributed by atoms with Crippen LogP contribution in [0.2, 0.25) is 0 Å². The van der Waals surface area contributed by atoms with Crippen LogP contribution < -0.4 is 5.32 Å². The molecule has 0 saturated carbocycles. The van der Waals surface area contributed by atoms with Crippen molar-refractivity contribution in [2.24, 2.45) is 0 Å². The van der Waals surface area contributed by atoms with Crippen LogP contribution in [0.3, 0.4) is 0 Å². The molecule has 5 nitrogen and oxygen atoms in total. The molecule has 0 aliphatic rings. The molecular formula is C14H13BrN2O3S. The Morgan fingerprint density at radius 1 is 1.38 bits per heavy atom. The van der Waals surface area contributed by atoms with Crippen molar-refractivity contribution in [3.63, 3.8) is 0 Å². The number of hydrogen-bond donors (Lipinski definition) is 1. The van der Waals surface area contributed by atoms with Gasteiger partial charge in [-0.1, -0.05) is 23.5 Å². The van der Waals surface area contributed by atoms with Crippen LogP contribution in [-0.2, 0) is 4.74 Å². The highest BCUT2D eigenvalue weighted by Crippen LogP contribution is 2.32. The van der Waals surface area contributed by atoms with Gasteiger partial charge >= 0.3 is 5.97 Å². The molecule has 0 saturated heterocycles. The maximum absolute atomic E-state index is 11.7. The second-order valence-corrected chi connectivity index (χ2v) is 6.10. The number of nitrogens with zero attached hydrogens (tertiary/aromatic N) is 1. The Morgan fingerprint density at radius 3 is 2.71 bits per heavy atom. The maximum atomic E-state index is 11.7. The molecule has 0 aliphatic heterocycles. The van der Waals surface area contributed by atoms with Gasteiger partial charge in [-0.2, -0.15) is 0 Å². The van der Waals surface area contributed by atoms with Gasteiger partial charge in [-0.15, -0.1) is 0 Å². The van der Waals surface area contributed by atoms with Crippen LogP contribution in [0.5, 0.6) is 0 Å². The lowest BCUT2D eigenvalue weighted by Crippen LogP contribution is -2.07. The van der Waals surface area contributed by atoms with Crippen molar-refractivity contribution in [3.8, 4) is 0 Å². The van der Waals surface area contributed by atoms with E-state index in [0.717, 1.165) is 27.1 Å². The molecule has 1 aromatic carbocycles. The van der Waals surface area contributed by atoms with Crippen LogP contribution in [-0.4, -0.2) is 23.8 Å². The number of esters is 1. The summed E-state index contributed by atoms with van der Waals surface area (Å²) < 4.78 is 5.56. The maximum Gasteiger partial charge on any atom is 0.358 e. The molecule has 21 heavy (non-hydrogen) atoms. The van der Waals surface area contributed by atoms with Gasteiger partial charge in [-0.3, -0.25) is 4.79 Å². The molecule has 0 radical (unpaired) electrons. The number of halogens is 1. The Balaban J connectivity index is 2.39. The summed E-state index contributed by atoms with van der Waals surface area (Å²) in [6.07, 6.45) is 0. The number of Topliss-reactive ketones (excluding diaryl/α,β-unsaturated/α-hetero) is 1. The number of aryl methyl sites for hydroxylation is 1. The van der Waals surface area contributed by atoms with Crippen LogP contribution >= 0.6 is 27.3 Å². The van der Waals surface area contributed by atoms with E-state index >= 15 is 0 Å². The molecule has 1 heterocycles. The number of anilines is 2. The summed E-state index contributed by atoms with van der Waals surface area (Å²) in [5.74, 6) is -0.836. The third-order valence-electron chi connectivity index (χ3n) is 2.76. The summed E-state index contributed by atoms with van der Waals surface area (Å²) in [6, 6.07) is 5.75. The van der Waals surface area contributed by atoms with E-state index in [1.165, 1.54) is 14.0 Å². The van der Waals surface area contributed by atoms with Crippen LogP contribution in [0.1, 0.15) is 32.6 Å². The number of methoxy groups -OCH3 is 1. The van der Waals surface area contributed by atoms with Crippen LogP contribution in [0.15, 0.2) is 22.7 Å². The van der Waals surface area contributed by atoms with Gasteiger partial charge in [0.25, 0.3) is 0 Å². The number of ketones is 1. The van der Waals surface area contributed by atoms with E-state index in [2.05, 4.69) is 31.0 Å². The average Bonchev–Trinajstić information content (AvgIpc) is 2.87. The number of rotatable bonds is 4. The molecular weight excluding hydrogens is 356 g/mol. The summed E-state index contributed by atoms with van der Waals surface area (Å²) in [5.41, 5.74) is 1.92. The molecule has 0 aliphatic carbocycles. The number of carbonyl (C=O) groups excluding carboxylic acids is 2. The van der Waals surface area contributed by atoms with E-state index in [1.807, 2.05) is 25.1 Å². The quantitative estimate of drug-likeness (QED) is 0.653.